The number of ether oxygens (including phenoxy) is 1. The summed E-state index contributed by atoms with van der Waals surface area (Å²) < 4.78 is 6.24. The van der Waals surface area contributed by atoms with Crippen molar-refractivity contribution in [1.29, 1.82) is 0 Å². The minimum atomic E-state index is 0.239. The Morgan fingerprint density at radius 2 is 1.92 bits per heavy atom. The molecule has 6 heteroatoms. The van der Waals surface area contributed by atoms with Crippen molar-refractivity contribution < 1.29 is 4.74 Å². The largest absolute Gasteiger partial charge is 0.373 e. The van der Waals surface area contributed by atoms with Crippen LogP contribution in [0, 0.1) is 0 Å². The van der Waals surface area contributed by atoms with Crippen LogP contribution in [0.5, 0.6) is 0 Å². The average Bonchev–Trinajstić information content (AvgIpc) is 3.02. The predicted octanol–water partition coefficient (Wildman–Crippen LogP) is 2.16. The number of rotatable bonds is 7. The predicted molar refractivity (Wildman–Crippen MR) is 98.5 cm³/mol. The second-order valence-electron chi connectivity index (χ2n) is 6.98. The van der Waals surface area contributed by atoms with Crippen LogP contribution in [0.1, 0.15) is 24.1 Å². The van der Waals surface area contributed by atoms with Crippen LogP contribution in [-0.4, -0.2) is 59.7 Å². The van der Waals surface area contributed by atoms with E-state index in [1.807, 2.05) is 43.7 Å². The van der Waals surface area contributed by atoms with E-state index in [0.29, 0.717) is 0 Å². The molecule has 3 rings (SSSR count). The third-order valence-corrected chi connectivity index (χ3v) is 4.45. The molecule has 2 aromatic rings. The van der Waals surface area contributed by atoms with E-state index in [0.717, 1.165) is 43.9 Å². The van der Waals surface area contributed by atoms with E-state index in [2.05, 4.69) is 33.0 Å². The molecule has 6 nitrogen and oxygen atoms in total. The summed E-state index contributed by atoms with van der Waals surface area (Å²) in [4.78, 5) is 17.4. The van der Waals surface area contributed by atoms with Gasteiger partial charge in [0.25, 0.3) is 0 Å². The number of nitrogens with zero attached hydrogens (tertiary/aromatic N) is 5. The quantitative estimate of drug-likeness (QED) is 0.769. The van der Waals surface area contributed by atoms with Crippen molar-refractivity contribution in [2.24, 2.45) is 0 Å². The zero-order valence-electron chi connectivity index (χ0n) is 15.3. The molecule has 1 fully saturated rings. The first-order valence-corrected chi connectivity index (χ1v) is 8.81. The standard InChI is InChI=1S/C19H27N5O/c1-23(2)19-12-21-11-16(22-19)9-17-6-7-18(25-17)14-24(3)13-15-5-4-8-20-10-15/h4-5,8,10-12,17-18H,6-7,9,13-14H2,1-3H3/t17-,18+/m0/s1. The van der Waals surface area contributed by atoms with Gasteiger partial charge in [0, 0.05) is 52.2 Å². The van der Waals surface area contributed by atoms with Gasteiger partial charge >= 0.3 is 0 Å². The summed E-state index contributed by atoms with van der Waals surface area (Å²) in [6, 6.07) is 4.09. The molecule has 0 N–H and O–H groups in total. The van der Waals surface area contributed by atoms with Crippen molar-refractivity contribution in [1.82, 2.24) is 19.9 Å². The molecule has 2 atom stereocenters. The monoisotopic (exact) mass is 341 g/mol. The first-order valence-electron chi connectivity index (χ1n) is 8.81. The summed E-state index contributed by atoms with van der Waals surface area (Å²) in [6.45, 7) is 1.84. The Labute approximate surface area is 149 Å². The Balaban J connectivity index is 1.47. The van der Waals surface area contributed by atoms with Crippen molar-refractivity contribution >= 4 is 5.82 Å². The van der Waals surface area contributed by atoms with Gasteiger partial charge in [-0.3, -0.25) is 14.9 Å². The normalized spacial score (nSPS) is 20.2. The molecule has 0 unspecified atom stereocenters. The summed E-state index contributed by atoms with van der Waals surface area (Å²) in [5.41, 5.74) is 2.23. The highest BCUT2D eigenvalue weighted by Gasteiger charge is 2.26. The second-order valence-corrected chi connectivity index (χ2v) is 6.98. The summed E-state index contributed by atoms with van der Waals surface area (Å²) in [5, 5.41) is 0. The minimum absolute atomic E-state index is 0.239. The molecule has 2 aromatic heterocycles. The van der Waals surface area contributed by atoms with Crippen LogP contribution in [-0.2, 0) is 17.7 Å². The Kier molecular flexibility index (Phi) is 5.94. The van der Waals surface area contributed by atoms with Gasteiger partial charge in [0.15, 0.2) is 0 Å². The van der Waals surface area contributed by atoms with Crippen LogP contribution in [0.3, 0.4) is 0 Å². The van der Waals surface area contributed by atoms with Gasteiger partial charge in [-0.25, -0.2) is 4.98 Å². The van der Waals surface area contributed by atoms with Gasteiger partial charge in [-0.05, 0) is 31.5 Å². The van der Waals surface area contributed by atoms with E-state index >= 15 is 0 Å². The Hall–Kier alpha value is -2.05. The van der Waals surface area contributed by atoms with Crippen LogP contribution < -0.4 is 4.90 Å². The zero-order valence-corrected chi connectivity index (χ0v) is 15.3. The van der Waals surface area contributed by atoms with Gasteiger partial charge in [0.05, 0.1) is 24.1 Å². The Bertz CT molecular complexity index is 664. The number of anilines is 1. The SMILES string of the molecule is CN(Cc1cccnc1)C[C@H]1CC[C@@H](Cc2cncc(N(C)C)n2)O1. The molecule has 3 heterocycles. The van der Waals surface area contributed by atoms with Crippen LogP contribution in [0.2, 0.25) is 0 Å². The first-order chi connectivity index (χ1) is 12.1. The maximum absolute atomic E-state index is 6.24. The molecule has 25 heavy (non-hydrogen) atoms. The number of likely N-dealkylation sites (N-methyl/N-ethyl adjacent to an activating group) is 1. The van der Waals surface area contributed by atoms with Gasteiger partial charge in [0.1, 0.15) is 5.82 Å². The Morgan fingerprint density at radius 3 is 2.68 bits per heavy atom. The lowest BCUT2D eigenvalue weighted by Gasteiger charge is -2.21. The van der Waals surface area contributed by atoms with Crippen molar-refractivity contribution in [2.45, 2.75) is 38.0 Å². The number of aromatic nitrogens is 3. The van der Waals surface area contributed by atoms with Gasteiger partial charge in [-0.15, -0.1) is 0 Å². The Morgan fingerprint density at radius 1 is 1.08 bits per heavy atom. The minimum Gasteiger partial charge on any atom is -0.373 e. The molecular weight excluding hydrogens is 314 g/mol. The smallest absolute Gasteiger partial charge is 0.146 e. The molecule has 1 aliphatic rings. The summed E-state index contributed by atoms with van der Waals surface area (Å²) in [5.74, 6) is 0.892. The lowest BCUT2D eigenvalue weighted by molar-refractivity contribution is 0.0262. The molecule has 0 spiro atoms. The lowest BCUT2D eigenvalue weighted by Crippen LogP contribution is -2.29. The van der Waals surface area contributed by atoms with E-state index in [1.165, 1.54) is 5.56 Å². The lowest BCUT2D eigenvalue weighted by atomic mass is 10.1. The molecule has 0 aliphatic carbocycles. The molecule has 0 aromatic carbocycles. The molecule has 1 saturated heterocycles. The summed E-state index contributed by atoms with van der Waals surface area (Å²) in [7, 11) is 6.09. The van der Waals surface area contributed by atoms with Crippen molar-refractivity contribution in [3.8, 4) is 0 Å². The molecular formula is C19H27N5O. The van der Waals surface area contributed by atoms with E-state index < -0.39 is 0 Å². The van der Waals surface area contributed by atoms with E-state index in [9.17, 15) is 0 Å². The number of pyridine rings is 1. The second kappa shape index (κ2) is 8.36. The van der Waals surface area contributed by atoms with Crippen molar-refractivity contribution in [2.75, 3.05) is 32.6 Å². The van der Waals surface area contributed by atoms with Gasteiger partial charge in [0.2, 0.25) is 0 Å². The fourth-order valence-corrected chi connectivity index (χ4v) is 3.22. The van der Waals surface area contributed by atoms with E-state index in [1.54, 1.807) is 6.20 Å². The summed E-state index contributed by atoms with van der Waals surface area (Å²) >= 11 is 0. The number of hydrogen-bond acceptors (Lipinski definition) is 6. The molecule has 134 valence electrons. The fourth-order valence-electron chi connectivity index (χ4n) is 3.22. The number of hydrogen-bond donors (Lipinski definition) is 0. The molecule has 1 aliphatic heterocycles. The molecule has 0 radical (unpaired) electrons. The van der Waals surface area contributed by atoms with Crippen LogP contribution in [0.15, 0.2) is 36.9 Å². The zero-order chi connectivity index (χ0) is 17.6. The van der Waals surface area contributed by atoms with E-state index in [-0.39, 0.29) is 12.2 Å². The van der Waals surface area contributed by atoms with Crippen LogP contribution >= 0.6 is 0 Å². The topological polar surface area (TPSA) is 54.4 Å². The maximum atomic E-state index is 6.24. The maximum Gasteiger partial charge on any atom is 0.146 e. The highest BCUT2D eigenvalue weighted by atomic mass is 16.5. The van der Waals surface area contributed by atoms with Gasteiger partial charge in [-0.1, -0.05) is 6.07 Å². The highest BCUT2D eigenvalue weighted by Crippen LogP contribution is 2.23. The van der Waals surface area contributed by atoms with Crippen LogP contribution in [0.25, 0.3) is 0 Å². The first kappa shape index (κ1) is 17.8. The summed E-state index contributed by atoms with van der Waals surface area (Å²) in [6.07, 6.45) is 10.9. The third kappa shape index (κ3) is 5.21. The third-order valence-electron chi connectivity index (χ3n) is 4.45. The average molecular weight is 341 g/mol. The van der Waals surface area contributed by atoms with Crippen LogP contribution in [0.4, 0.5) is 5.82 Å². The molecule has 0 saturated carbocycles. The van der Waals surface area contributed by atoms with Gasteiger partial charge < -0.3 is 9.64 Å². The fraction of sp³-hybridized carbons (Fsp3) is 0.526. The highest BCUT2D eigenvalue weighted by molar-refractivity contribution is 5.33. The van der Waals surface area contributed by atoms with Crippen molar-refractivity contribution in [3.63, 3.8) is 0 Å². The molecule has 0 bridgehead atoms. The van der Waals surface area contributed by atoms with E-state index in [4.69, 9.17) is 4.74 Å². The van der Waals surface area contributed by atoms with Gasteiger partial charge in [-0.2, -0.15) is 0 Å². The molecule has 0 amide bonds. The van der Waals surface area contributed by atoms with Crippen molar-refractivity contribution in [3.05, 3.63) is 48.2 Å².